The van der Waals surface area contributed by atoms with Gasteiger partial charge in [-0.1, -0.05) is 0 Å². The summed E-state index contributed by atoms with van der Waals surface area (Å²) in [7, 11) is 1.57. The summed E-state index contributed by atoms with van der Waals surface area (Å²) < 4.78 is 42.3. The second kappa shape index (κ2) is 11.9. The third-order valence-electron chi connectivity index (χ3n) is 4.33. The van der Waals surface area contributed by atoms with Gasteiger partial charge in [-0.25, -0.2) is 4.79 Å². The Morgan fingerprint density at radius 2 is 1.82 bits per heavy atom. The standard InChI is InChI=1S/C18H33F3N4O2.HI/c1-6-24(16(26)27-17(2,3)4)13-14-7-11-25(12-8-14)15(22-5)23-10-9-18(19,20)21;/h14H,6-13H2,1-5H3,(H,22,23);1H. The lowest BCUT2D eigenvalue weighted by atomic mass is 9.96. The van der Waals surface area contributed by atoms with Crippen LogP contribution < -0.4 is 5.32 Å². The van der Waals surface area contributed by atoms with E-state index in [2.05, 4.69) is 10.3 Å². The molecule has 0 aliphatic carbocycles. The number of hydrogen-bond acceptors (Lipinski definition) is 3. The Morgan fingerprint density at radius 1 is 1.25 bits per heavy atom. The highest BCUT2D eigenvalue weighted by atomic mass is 127. The molecule has 1 rings (SSSR count). The number of amides is 1. The molecular formula is C18H34F3IN4O2. The van der Waals surface area contributed by atoms with Crippen molar-refractivity contribution in [2.75, 3.05) is 39.8 Å². The molecule has 0 atom stereocenters. The molecule has 1 saturated heterocycles. The third kappa shape index (κ3) is 10.6. The van der Waals surface area contributed by atoms with Crippen molar-refractivity contribution in [2.24, 2.45) is 10.9 Å². The SMILES string of the molecule is CCN(CC1CCN(C(=NC)NCCC(F)(F)F)CC1)C(=O)OC(C)(C)C.I. The smallest absolute Gasteiger partial charge is 0.410 e. The monoisotopic (exact) mass is 522 g/mol. The summed E-state index contributed by atoms with van der Waals surface area (Å²) in [5.41, 5.74) is -0.525. The predicted molar refractivity (Wildman–Crippen MR) is 115 cm³/mol. The van der Waals surface area contributed by atoms with Crippen LogP contribution >= 0.6 is 24.0 Å². The summed E-state index contributed by atoms with van der Waals surface area (Å²) in [5.74, 6) is 0.833. The number of hydrogen-bond donors (Lipinski definition) is 1. The van der Waals surface area contributed by atoms with Gasteiger partial charge in [0.2, 0.25) is 0 Å². The summed E-state index contributed by atoms with van der Waals surface area (Å²) in [6, 6.07) is 0. The molecule has 0 bridgehead atoms. The van der Waals surface area contributed by atoms with Crippen molar-refractivity contribution in [1.82, 2.24) is 15.1 Å². The van der Waals surface area contributed by atoms with E-state index in [-0.39, 0.29) is 36.6 Å². The maximum atomic E-state index is 12.3. The van der Waals surface area contributed by atoms with Gasteiger partial charge in [-0.2, -0.15) is 13.2 Å². The second-order valence-corrected chi connectivity index (χ2v) is 7.79. The van der Waals surface area contributed by atoms with Crippen LogP contribution in [0.5, 0.6) is 0 Å². The van der Waals surface area contributed by atoms with Crippen molar-refractivity contribution >= 4 is 36.0 Å². The topological polar surface area (TPSA) is 57.2 Å². The van der Waals surface area contributed by atoms with E-state index in [1.54, 1.807) is 11.9 Å². The van der Waals surface area contributed by atoms with Gasteiger partial charge < -0.3 is 19.9 Å². The van der Waals surface area contributed by atoms with Gasteiger partial charge in [0.1, 0.15) is 5.60 Å². The Balaban J connectivity index is 0.00000729. The number of halogens is 4. The second-order valence-electron chi connectivity index (χ2n) is 7.79. The highest BCUT2D eigenvalue weighted by molar-refractivity contribution is 14.0. The van der Waals surface area contributed by atoms with Gasteiger partial charge in [0.25, 0.3) is 0 Å². The number of carbonyl (C=O) groups excluding carboxylic acids is 1. The minimum atomic E-state index is -4.18. The van der Waals surface area contributed by atoms with Gasteiger partial charge in [0.15, 0.2) is 5.96 Å². The quantitative estimate of drug-likeness (QED) is 0.336. The van der Waals surface area contributed by atoms with Crippen molar-refractivity contribution in [1.29, 1.82) is 0 Å². The number of aliphatic imine (C=N–C) groups is 1. The van der Waals surface area contributed by atoms with Crippen LogP contribution in [0, 0.1) is 5.92 Å². The lowest BCUT2D eigenvalue weighted by molar-refractivity contribution is -0.132. The van der Waals surface area contributed by atoms with Gasteiger partial charge in [-0.15, -0.1) is 24.0 Å². The molecule has 1 amide bonds. The number of likely N-dealkylation sites (tertiary alicyclic amines) is 1. The summed E-state index contributed by atoms with van der Waals surface area (Å²) in [6.45, 7) is 9.86. The molecule has 28 heavy (non-hydrogen) atoms. The minimum Gasteiger partial charge on any atom is -0.444 e. The Kier molecular flexibility index (Phi) is 11.5. The molecule has 1 N–H and O–H groups in total. The van der Waals surface area contributed by atoms with Crippen molar-refractivity contribution in [3.8, 4) is 0 Å². The minimum absolute atomic E-state index is 0. The lowest BCUT2D eigenvalue weighted by Crippen LogP contribution is -2.48. The Morgan fingerprint density at radius 3 is 2.25 bits per heavy atom. The first kappa shape index (κ1) is 27.1. The van der Waals surface area contributed by atoms with E-state index in [4.69, 9.17) is 4.74 Å². The zero-order chi connectivity index (χ0) is 20.7. The highest BCUT2D eigenvalue weighted by Crippen LogP contribution is 2.21. The molecule has 1 aliphatic heterocycles. The van der Waals surface area contributed by atoms with Gasteiger partial charge in [0.05, 0.1) is 6.42 Å². The molecule has 0 radical (unpaired) electrons. The molecule has 1 aliphatic rings. The molecule has 0 spiro atoms. The van der Waals surface area contributed by atoms with Crippen LogP contribution in [0.4, 0.5) is 18.0 Å². The van der Waals surface area contributed by atoms with Crippen LogP contribution in [0.25, 0.3) is 0 Å². The molecule has 1 fully saturated rings. The molecule has 0 aromatic heterocycles. The van der Waals surface area contributed by atoms with Crippen molar-refractivity contribution in [3.05, 3.63) is 0 Å². The number of alkyl halides is 3. The Hall–Kier alpha value is -0.940. The number of nitrogens with one attached hydrogen (secondary N) is 1. The fourth-order valence-corrected chi connectivity index (χ4v) is 2.95. The average Bonchev–Trinajstić information content (AvgIpc) is 2.54. The van der Waals surface area contributed by atoms with E-state index in [0.29, 0.717) is 38.1 Å². The molecule has 0 saturated carbocycles. The van der Waals surface area contributed by atoms with Crippen LogP contribution in [0.3, 0.4) is 0 Å². The summed E-state index contributed by atoms with van der Waals surface area (Å²) in [5, 5.41) is 2.78. The number of ether oxygens (including phenoxy) is 1. The van der Waals surface area contributed by atoms with E-state index in [9.17, 15) is 18.0 Å². The van der Waals surface area contributed by atoms with Gasteiger partial charge in [-0.3, -0.25) is 4.99 Å². The number of nitrogens with zero attached hydrogens (tertiary/aromatic N) is 3. The van der Waals surface area contributed by atoms with E-state index in [1.165, 1.54) is 0 Å². The number of piperidine rings is 1. The molecule has 166 valence electrons. The summed E-state index contributed by atoms with van der Waals surface area (Å²) in [6.07, 6.45) is -3.68. The molecule has 6 nitrogen and oxygen atoms in total. The highest BCUT2D eigenvalue weighted by Gasteiger charge is 2.29. The van der Waals surface area contributed by atoms with E-state index in [0.717, 1.165) is 12.8 Å². The van der Waals surface area contributed by atoms with E-state index in [1.807, 2.05) is 32.6 Å². The first-order valence-electron chi connectivity index (χ1n) is 9.45. The number of carbonyl (C=O) groups is 1. The Bertz CT molecular complexity index is 502. The lowest BCUT2D eigenvalue weighted by Gasteiger charge is -2.36. The third-order valence-corrected chi connectivity index (χ3v) is 4.33. The molecule has 0 aromatic carbocycles. The van der Waals surface area contributed by atoms with Crippen LogP contribution in [0.15, 0.2) is 4.99 Å². The zero-order valence-corrected chi connectivity index (χ0v) is 19.8. The van der Waals surface area contributed by atoms with Crippen LogP contribution in [0.1, 0.15) is 47.0 Å². The molecule has 0 unspecified atom stereocenters. The maximum absolute atomic E-state index is 12.3. The van der Waals surface area contributed by atoms with Gasteiger partial charge in [0, 0.05) is 39.8 Å². The normalized spacial score (nSPS) is 16.4. The number of guanidine groups is 1. The summed E-state index contributed by atoms with van der Waals surface area (Å²) in [4.78, 5) is 20.0. The van der Waals surface area contributed by atoms with Crippen molar-refractivity contribution in [3.63, 3.8) is 0 Å². The largest absolute Gasteiger partial charge is 0.444 e. The fourth-order valence-electron chi connectivity index (χ4n) is 2.95. The van der Waals surface area contributed by atoms with Gasteiger partial charge >= 0.3 is 12.3 Å². The van der Waals surface area contributed by atoms with Crippen LogP contribution in [-0.4, -0.2) is 73.4 Å². The molecule has 0 aromatic rings. The molecule has 10 heteroatoms. The average molecular weight is 522 g/mol. The predicted octanol–water partition coefficient (Wildman–Crippen LogP) is 4.10. The fraction of sp³-hybridized carbons (Fsp3) is 0.889. The molecular weight excluding hydrogens is 488 g/mol. The zero-order valence-electron chi connectivity index (χ0n) is 17.4. The van der Waals surface area contributed by atoms with Crippen LogP contribution in [-0.2, 0) is 4.74 Å². The van der Waals surface area contributed by atoms with E-state index < -0.39 is 18.2 Å². The summed E-state index contributed by atoms with van der Waals surface area (Å²) >= 11 is 0. The van der Waals surface area contributed by atoms with Crippen LogP contribution in [0.2, 0.25) is 0 Å². The van der Waals surface area contributed by atoms with Gasteiger partial charge in [-0.05, 0) is 46.5 Å². The maximum Gasteiger partial charge on any atom is 0.410 e. The van der Waals surface area contributed by atoms with E-state index >= 15 is 0 Å². The number of rotatable bonds is 5. The first-order chi connectivity index (χ1) is 12.4. The first-order valence-corrected chi connectivity index (χ1v) is 9.45. The Labute approximate surface area is 183 Å². The van der Waals surface area contributed by atoms with Crippen molar-refractivity contribution in [2.45, 2.75) is 58.7 Å². The van der Waals surface area contributed by atoms with Crippen molar-refractivity contribution < 1.29 is 22.7 Å². The molecule has 1 heterocycles.